The molecular formula is C16H21N3O. The molecule has 1 aliphatic carbocycles. The molecule has 0 aromatic carbocycles. The Balaban J connectivity index is 2.04. The Hall–Kier alpha value is -1.84. The van der Waals surface area contributed by atoms with E-state index in [0.717, 1.165) is 24.3 Å². The largest absolute Gasteiger partial charge is 0.352 e. The van der Waals surface area contributed by atoms with Crippen molar-refractivity contribution in [2.24, 2.45) is 0 Å². The van der Waals surface area contributed by atoms with Crippen LogP contribution >= 0.6 is 0 Å². The van der Waals surface area contributed by atoms with E-state index in [1.165, 1.54) is 32.1 Å². The van der Waals surface area contributed by atoms with Gasteiger partial charge in [0.1, 0.15) is 11.3 Å². The molecule has 0 bridgehead atoms. The Morgan fingerprint density at radius 2 is 2.15 bits per heavy atom. The molecule has 20 heavy (non-hydrogen) atoms. The molecule has 4 heteroatoms. The summed E-state index contributed by atoms with van der Waals surface area (Å²) in [7, 11) is 0. The fourth-order valence-corrected chi connectivity index (χ4v) is 3.30. The SMILES string of the molecule is CCN(c1nc2ccccn2c1C=O)C1CCCCC1. The fourth-order valence-electron chi connectivity index (χ4n) is 3.30. The van der Waals surface area contributed by atoms with Gasteiger partial charge < -0.3 is 4.90 Å². The molecule has 3 rings (SSSR count). The minimum absolute atomic E-state index is 0.525. The van der Waals surface area contributed by atoms with Gasteiger partial charge in [0.15, 0.2) is 12.1 Å². The van der Waals surface area contributed by atoms with Crippen LogP contribution in [0.2, 0.25) is 0 Å². The van der Waals surface area contributed by atoms with Gasteiger partial charge in [-0.05, 0) is 31.9 Å². The highest BCUT2D eigenvalue weighted by molar-refractivity contribution is 5.83. The number of nitrogens with zero attached hydrogens (tertiary/aromatic N) is 3. The van der Waals surface area contributed by atoms with E-state index in [4.69, 9.17) is 0 Å². The van der Waals surface area contributed by atoms with Crippen LogP contribution in [-0.2, 0) is 0 Å². The maximum absolute atomic E-state index is 11.5. The first-order chi connectivity index (χ1) is 9.85. The highest BCUT2D eigenvalue weighted by Crippen LogP contribution is 2.29. The second-order valence-electron chi connectivity index (χ2n) is 5.45. The summed E-state index contributed by atoms with van der Waals surface area (Å²) in [5.74, 6) is 0.848. The maximum atomic E-state index is 11.5. The summed E-state index contributed by atoms with van der Waals surface area (Å²) in [6, 6.07) is 6.36. The number of carbonyl (C=O) groups excluding carboxylic acids is 1. The van der Waals surface area contributed by atoms with E-state index >= 15 is 0 Å². The molecule has 1 saturated carbocycles. The lowest BCUT2D eigenvalue weighted by Gasteiger charge is -2.34. The van der Waals surface area contributed by atoms with Crippen molar-refractivity contribution in [2.75, 3.05) is 11.4 Å². The normalized spacial score (nSPS) is 16.4. The van der Waals surface area contributed by atoms with E-state index in [1.807, 2.05) is 28.8 Å². The highest BCUT2D eigenvalue weighted by atomic mass is 16.1. The Bertz CT molecular complexity index is 599. The second-order valence-corrected chi connectivity index (χ2v) is 5.45. The minimum Gasteiger partial charge on any atom is -0.352 e. The third-order valence-electron chi connectivity index (χ3n) is 4.29. The standard InChI is InChI=1S/C16H21N3O/c1-2-18(13-8-4-3-5-9-13)16-14(12-20)19-11-7-6-10-15(19)17-16/h6-7,10-13H,2-5,8-9H2,1H3. The lowest BCUT2D eigenvalue weighted by molar-refractivity contribution is 0.111. The van der Waals surface area contributed by atoms with Crippen LogP contribution in [0, 0.1) is 0 Å². The van der Waals surface area contributed by atoms with Gasteiger partial charge in [0.2, 0.25) is 0 Å². The zero-order chi connectivity index (χ0) is 13.9. The number of fused-ring (bicyclic) bond motifs is 1. The molecule has 2 aromatic heterocycles. The van der Waals surface area contributed by atoms with Crippen LogP contribution in [0.5, 0.6) is 0 Å². The topological polar surface area (TPSA) is 37.6 Å². The number of hydrogen-bond donors (Lipinski definition) is 0. The Labute approximate surface area is 119 Å². The first kappa shape index (κ1) is 13.2. The molecule has 1 fully saturated rings. The molecule has 106 valence electrons. The monoisotopic (exact) mass is 271 g/mol. The predicted molar refractivity (Wildman–Crippen MR) is 80.5 cm³/mol. The average molecular weight is 271 g/mol. The lowest BCUT2D eigenvalue weighted by Crippen LogP contribution is -2.37. The molecule has 0 spiro atoms. The molecule has 0 aliphatic heterocycles. The summed E-state index contributed by atoms with van der Waals surface area (Å²) in [6.07, 6.45) is 9.15. The van der Waals surface area contributed by atoms with E-state index in [0.29, 0.717) is 11.7 Å². The van der Waals surface area contributed by atoms with Gasteiger partial charge in [-0.2, -0.15) is 0 Å². The summed E-state index contributed by atoms with van der Waals surface area (Å²) in [4.78, 5) is 18.5. The molecule has 0 N–H and O–H groups in total. The van der Waals surface area contributed by atoms with Crippen LogP contribution in [-0.4, -0.2) is 28.3 Å². The fraction of sp³-hybridized carbons (Fsp3) is 0.500. The Morgan fingerprint density at radius 1 is 1.35 bits per heavy atom. The Morgan fingerprint density at radius 3 is 2.85 bits per heavy atom. The summed E-state index contributed by atoms with van der Waals surface area (Å²) >= 11 is 0. The minimum atomic E-state index is 0.525. The van der Waals surface area contributed by atoms with Crippen LogP contribution < -0.4 is 4.90 Å². The van der Waals surface area contributed by atoms with Gasteiger partial charge >= 0.3 is 0 Å². The van der Waals surface area contributed by atoms with Crippen molar-refractivity contribution >= 4 is 17.8 Å². The van der Waals surface area contributed by atoms with Crippen molar-refractivity contribution in [1.29, 1.82) is 0 Å². The number of aromatic nitrogens is 2. The van der Waals surface area contributed by atoms with Crippen molar-refractivity contribution in [3.8, 4) is 0 Å². The quantitative estimate of drug-likeness (QED) is 0.801. The van der Waals surface area contributed by atoms with Gasteiger partial charge in [-0.1, -0.05) is 25.3 Å². The number of imidazole rings is 1. The van der Waals surface area contributed by atoms with Crippen LogP contribution in [0.4, 0.5) is 5.82 Å². The van der Waals surface area contributed by atoms with Crippen molar-refractivity contribution in [2.45, 2.75) is 45.1 Å². The second kappa shape index (κ2) is 5.65. The third kappa shape index (κ3) is 2.19. The smallest absolute Gasteiger partial charge is 0.170 e. The van der Waals surface area contributed by atoms with Crippen LogP contribution in [0.3, 0.4) is 0 Å². The summed E-state index contributed by atoms with van der Waals surface area (Å²) < 4.78 is 1.88. The van der Waals surface area contributed by atoms with Gasteiger partial charge in [-0.3, -0.25) is 9.20 Å². The van der Waals surface area contributed by atoms with Crippen LogP contribution in [0.25, 0.3) is 5.65 Å². The lowest BCUT2D eigenvalue weighted by atomic mass is 9.94. The molecule has 0 atom stereocenters. The van der Waals surface area contributed by atoms with Crippen molar-refractivity contribution in [3.05, 3.63) is 30.1 Å². The van der Waals surface area contributed by atoms with Gasteiger partial charge in [0.05, 0.1) is 0 Å². The van der Waals surface area contributed by atoms with Gasteiger partial charge in [0, 0.05) is 18.8 Å². The first-order valence-corrected chi connectivity index (χ1v) is 7.54. The summed E-state index contributed by atoms with van der Waals surface area (Å²) in [6.45, 7) is 3.04. The number of rotatable bonds is 4. The molecule has 1 aliphatic rings. The van der Waals surface area contributed by atoms with Gasteiger partial charge in [0.25, 0.3) is 0 Å². The van der Waals surface area contributed by atoms with Gasteiger partial charge in [-0.25, -0.2) is 4.98 Å². The molecular weight excluding hydrogens is 250 g/mol. The van der Waals surface area contributed by atoms with Crippen molar-refractivity contribution in [1.82, 2.24) is 9.38 Å². The average Bonchev–Trinajstić information content (AvgIpc) is 2.87. The predicted octanol–water partition coefficient (Wildman–Crippen LogP) is 3.31. The number of anilines is 1. The zero-order valence-corrected chi connectivity index (χ0v) is 12.0. The zero-order valence-electron chi connectivity index (χ0n) is 12.0. The number of pyridine rings is 1. The summed E-state index contributed by atoms with van der Waals surface area (Å²) in [5, 5.41) is 0. The van der Waals surface area contributed by atoms with Crippen LogP contribution in [0.15, 0.2) is 24.4 Å². The molecule has 4 nitrogen and oxygen atoms in total. The van der Waals surface area contributed by atoms with Crippen molar-refractivity contribution in [3.63, 3.8) is 0 Å². The number of aldehydes is 1. The first-order valence-electron chi connectivity index (χ1n) is 7.54. The number of carbonyl (C=O) groups is 1. The van der Waals surface area contributed by atoms with Gasteiger partial charge in [-0.15, -0.1) is 0 Å². The molecule has 0 saturated heterocycles. The molecule has 0 amide bonds. The van der Waals surface area contributed by atoms with E-state index < -0.39 is 0 Å². The maximum Gasteiger partial charge on any atom is 0.170 e. The molecule has 0 unspecified atom stereocenters. The van der Waals surface area contributed by atoms with E-state index in [9.17, 15) is 4.79 Å². The molecule has 2 heterocycles. The van der Waals surface area contributed by atoms with Crippen LogP contribution in [0.1, 0.15) is 49.5 Å². The molecule has 0 radical (unpaired) electrons. The van der Waals surface area contributed by atoms with Crippen molar-refractivity contribution < 1.29 is 4.79 Å². The van der Waals surface area contributed by atoms with E-state index in [2.05, 4.69) is 16.8 Å². The highest BCUT2D eigenvalue weighted by Gasteiger charge is 2.25. The number of hydrogen-bond acceptors (Lipinski definition) is 3. The van der Waals surface area contributed by atoms with E-state index in [1.54, 1.807) is 0 Å². The Kier molecular flexibility index (Phi) is 3.72. The summed E-state index contributed by atoms with van der Waals surface area (Å²) in [5.41, 5.74) is 1.52. The molecule has 2 aromatic rings. The third-order valence-corrected chi connectivity index (χ3v) is 4.29. The van der Waals surface area contributed by atoms with E-state index in [-0.39, 0.29) is 0 Å².